The second kappa shape index (κ2) is 11.9. The van der Waals surface area contributed by atoms with Crippen molar-refractivity contribution in [1.82, 2.24) is 20.1 Å². The van der Waals surface area contributed by atoms with Crippen molar-refractivity contribution in [2.45, 2.75) is 44.4 Å². The maximum atomic E-state index is 14.2. The zero-order valence-electron chi connectivity index (χ0n) is 22.7. The van der Waals surface area contributed by atoms with Crippen LogP contribution in [0, 0.1) is 17.5 Å². The van der Waals surface area contributed by atoms with Crippen LogP contribution in [0.1, 0.15) is 62.2 Å². The van der Waals surface area contributed by atoms with Gasteiger partial charge >= 0.3 is 6.18 Å². The van der Waals surface area contributed by atoms with E-state index in [1.165, 1.54) is 24.4 Å². The quantitative estimate of drug-likeness (QED) is 0.268. The van der Waals surface area contributed by atoms with Crippen LogP contribution in [-0.2, 0) is 30.4 Å². The Kier molecular flexibility index (Phi) is 8.26. The third kappa shape index (κ3) is 6.33. The molecule has 1 aliphatic rings. The van der Waals surface area contributed by atoms with Crippen LogP contribution in [-0.4, -0.2) is 32.4 Å². The van der Waals surface area contributed by atoms with E-state index in [0.717, 1.165) is 22.9 Å². The van der Waals surface area contributed by atoms with Gasteiger partial charge in [0.25, 0.3) is 5.91 Å². The number of ketones is 1. The molecule has 0 aliphatic heterocycles. The van der Waals surface area contributed by atoms with Crippen molar-refractivity contribution in [3.8, 4) is 11.1 Å². The number of pyridine rings is 1. The summed E-state index contributed by atoms with van der Waals surface area (Å²) < 4.78 is 84.3. The van der Waals surface area contributed by atoms with Gasteiger partial charge in [-0.15, -0.1) is 0 Å². The van der Waals surface area contributed by atoms with Crippen LogP contribution in [0.3, 0.4) is 0 Å². The maximum Gasteiger partial charge on any atom is 0.435 e. The molecule has 2 aromatic heterocycles. The number of primary amides is 1. The Labute approximate surface area is 245 Å². The van der Waals surface area contributed by atoms with Crippen molar-refractivity contribution >= 4 is 17.6 Å². The lowest BCUT2D eigenvalue weighted by Crippen LogP contribution is -2.34. The first-order valence-corrected chi connectivity index (χ1v) is 13.3. The second-order valence-electron chi connectivity index (χ2n) is 10.2. The summed E-state index contributed by atoms with van der Waals surface area (Å²) in [5.74, 6) is -5.23. The number of carbonyl (C=O) groups excluding carboxylic acids is 3. The zero-order chi connectivity index (χ0) is 31.8. The molecule has 0 saturated heterocycles. The number of rotatable bonds is 8. The van der Waals surface area contributed by atoms with E-state index in [1.54, 1.807) is 6.07 Å². The Balaban J connectivity index is 1.54. The van der Waals surface area contributed by atoms with E-state index in [-0.39, 0.29) is 48.2 Å². The molecule has 2 aromatic carbocycles. The van der Waals surface area contributed by atoms with Gasteiger partial charge in [0.05, 0.1) is 28.6 Å². The number of amides is 2. The molecular formula is C30H23F6N5O3. The first-order valence-electron chi connectivity index (χ1n) is 13.3. The van der Waals surface area contributed by atoms with Crippen LogP contribution >= 0.6 is 0 Å². The standard InChI is InChI=1S/C30H23F6N5O3/c31-17-9-15(10-18(32)13-17)11-22(27-19(3-2-8-38-27)16-6-7-21(33)20(12-16)29(37)44)39-25(43)14-41-23-4-1-5-24(42)26(23)28(40-41)30(34,35)36/h2-3,6-10,12-13,22H,1,4-5,11,14H2,(H2,37,44)(H,39,43)/t22-/m0/s1. The molecule has 0 saturated carbocycles. The van der Waals surface area contributed by atoms with Gasteiger partial charge in [-0.2, -0.15) is 18.3 Å². The number of hydrogen-bond donors (Lipinski definition) is 2. The van der Waals surface area contributed by atoms with E-state index in [2.05, 4.69) is 15.4 Å². The summed E-state index contributed by atoms with van der Waals surface area (Å²) in [5, 5.41) is 6.21. The normalized spacial score (nSPS) is 13.8. The van der Waals surface area contributed by atoms with Crippen LogP contribution in [0.4, 0.5) is 26.3 Å². The molecule has 1 aliphatic carbocycles. The van der Waals surface area contributed by atoms with Gasteiger partial charge in [0.2, 0.25) is 5.91 Å². The molecule has 3 N–H and O–H groups in total. The van der Waals surface area contributed by atoms with Crippen molar-refractivity contribution in [2.75, 3.05) is 0 Å². The third-order valence-corrected chi connectivity index (χ3v) is 7.12. The Morgan fingerprint density at radius 2 is 1.75 bits per heavy atom. The summed E-state index contributed by atoms with van der Waals surface area (Å²) in [6.07, 6.45) is -3.48. The molecule has 2 amide bonds. The van der Waals surface area contributed by atoms with Gasteiger partial charge in [0.15, 0.2) is 11.5 Å². The number of hydrogen-bond acceptors (Lipinski definition) is 5. The first-order chi connectivity index (χ1) is 20.8. The minimum Gasteiger partial charge on any atom is -0.366 e. The monoisotopic (exact) mass is 615 g/mol. The van der Waals surface area contributed by atoms with Crippen molar-refractivity contribution in [1.29, 1.82) is 0 Å². The predicted octanol–water partition coefficient (Wildman–Crippen LogP) is 5.10. The molecule has 8 nitrogen and oxygen atoms in total. The second-order valence-corrected chi connectivity index (χ2v) is 10.2. The Morgan fingerprint density at radius 3 is 2.43 bits per heavy atom. The number of halogens is 6. The SMILES string of the molecule is NC(=O)c1cc(-c2cccnc2[C@H](Cc2cc(F)cc(F)c2)NC(=O)Cn2nc(C(F)(F)F)c3c2CCCC3=O)ccc1F. The van der Waals surface area contributed by atoms with Crippen LogP contribution in [0.25, 0.3) is 11.1 Å². The number of aromatic nitrogens is 3. The molecule has 228 valence electrons. The van der Waals surface area contributed by atoms with Gasteiger partial charge in [0, 0.05) is 24.2 Å². The number of carbonyl (C=O) groups is 3. The van der Waals surface area contributed by atoms with E-state index in [0.29, 0.717) is 11.6 Å². The van der Waals surface area contributed by atoms with Crippen molar-refractivity contribution < 1.29 is 40.7 Å². The molecule has 1 atom stereocenters. The Morgan fingerprint density at radius 1 is 1.02 bits per heavy atom. The fourth-order valence-electron chi connectivity index (χ4n) is 5.29. The fourth-order valence-corrected chi connectivity index (χ4v) is 5.29. The lowest BCUT2D eigenvalue weighted by Gasteiger charge is -2.22. The van der Waals surface area contributed by atoms with Crippen LogP contribution in [0.2, 0.25) is 0 Å². The average molecular weight is 616 g/mol. The van der Waals surface area contributed by atoms with Gasteiger partial charge in [-0.1, -0.05) is 12.1 Å². The molecule has 14 heteroatoms. The molecule has 2 heterocycles. The Hall–Kier alpha value is -5.01. The minimum atomic E-state index is -4.93. The fraction of sp³-hybridized carbons (Fsp3) is 0.233. The van der Waals surface area contributed by atoms with Gasteiger partial charge in [-0.05, 0) is 60.7 Å². The number of nitrogens with one attached hydrogen (secondary N) is 1. The molecule has 5 rings (SSSR count). The lowest BCUT2D eigenvalue weighted by molar-refractivity contribution is -0.142. The number of fused-ring (bicyclic) bond motifs is 1. The summed E-state index contributed by atoms with van der Waals surface area (Å²) >= 11 is 0. The molecule has 0 fully saturated rings. The molecular weight excluding hydrogens is 592 g/mol. The highest BCUT2D eigenvalue weighted by molar-refractivity contribution is 5.99. The topological polar surface area (TPSA) is 120 Å². The van der Waals surface area contributed by atoms with Gasteiger partial charge < -0.3 is 11.1 Å². The highest BCUT2D eigenvalue weighted by atomic mass is 19.4. The number of benzene rings is 2. The predicted molar refractivity (Wildman–Crippen MR) is 144 cm³/mol. The molecule has 0 radical (unpaired) electrons. The van der Waals surface area contributed by atoms with Gasteiger partial charge in [-0.3, -0.25) is 24.0 Å². The Bertz CT molecular complexity index is 1770. The van der Waals surface area contributed by atoms with Crippen LogP contribution in [0.5, 0.6) is 0 Å². The highest BCUT2D eigenvalue weighted by Crippen LogP contribution is 2.36. The smallest absolute Gasteiger partial charge is 0.366 e. The summed E-state index contributed by atoms with van der Waals surface area (Å²) in [5.41, 5.74) is 3.77. The van der Waals surface area contributed by atoms with E-state index < -0.39 is 70.6 Å². The van der Waals surface area contributed by atoms with Gasteiger partial charge in [0.1, 0.15) is 24.0 Å². The van der Waals surface area contributed by atoms with Crippen LogP contribution in [0.15, 0.2) is 54.7 Å². The van der Waals surface area contributed by atoms with Crippen molar-refractivity contribution in [3.63, 3.8) is 0 Å². The van der Waals surface area contributed by atoms with Gasteiger partial charge in [-0.25, -0.2) is 13.2 Å². The van der Waals surface area contributed by atoms with E-state index in [4.69, 9.17) is 5.73 Å². The molecule has 0 spiro atoms. The zero-order valence-corrected chi connectivity index (χ0v) is 22.7. The summed E-state index contributed by atoms with van der Waals surface area (Å²) in [4.78, 5) is 41.8. The van der Waals surface area contributed by atoms with E-state index in [9.17, 15) is 40.7 Å². The molecule has 4 aromatic rings. The molecule has 0 unspecified atom stereocenters. The largest absolute Gasteiger partial charge is 0.435 e. The number of Topliss-reactive ketones (excluding diaryl/α,β-unsaturated/α-hetero) is 1. The minimum absolute atomic E-state index is 0.0173. The summed E-state index contributed by atoms with van der Waals surface area (Å²) in [6.45, 7) is -0.704. The summed E-state index contributed by atoms with van der Waals surface area (Å²) in [7, 11) is 0. The third-order valence-electron chi connectivity index (χ3n) is 7.12. The number of alkyl halides is 3. The number of nitrogens with zero attached hydrogens (tertiary/aromatic N) is 3. The molecule has 0 bridgehead atoms. The maximum absolute atomic E-state index is 14.2. The van der Waals surface area contributed by atoms with E-state index >= 15 is 0 Å². The first kappa shape index (κ1) is 30.4. The highest BCUT2D eigenvalue weighted by Gasteiger charge is 2.42. The summed E-state index contributed by atoms with van der Waals surface area (Å²) in [6, 6.07) is 8.24. The molecule has 44 heavy (non-hydrogen) atoms. The van der Waals surface area contributed by atoms with Crippen molar-refractivity contribution in [2.24, 2.45) is 5.73 Å². The van der Waals surface area contributed by atoms with Crippen LogP contribution < -0.4 is 11.1 Å². The van der Waals surface area contributed by atoms with E-state index in [1.807, 2.05) is 0 Å². The lowest BCUT2D eigenvalue weighted by atomic mass is 9.94. The van der Waals surface area contributed by atoms with Crippen molar-refractivity contribution in [3.05, 3.63) is 106 Å². The average Bonchev–Trinajstić information content (AvgIpc) is 3.32. The number of nitrogens with two attached hydrogens (primary N) is 1.